The number of hydrogen-bond donors (Lipinski definition) is 2. The summed E-state index contributed by atoms with van der Waals surface area (Å²) in [5.41, 5.74) is 3.31. The van der Waals surface area contributed by atoms with Gasteiger partial charge in [-0.25, -0.2) is 0 Å². The van der Waals surface area contributed by atoms with Crippen LogP contribution in [0.25, 0.3) is 0 Å². The summed E-state index contributed by atoms with van der Waals surface area (Å²) in [5, 5.41) is 13.2. The molecular formula is C13H21NO2. The lowest BCUT2D eigenvalue weighted by atomic mass is 9.98. The van der Waals surface area contributed by atoms with Gasteiger partial charge in [-0.3, -0.25) is 0 Å². The molecule has 0 saturated carbocycles. The first-order valence-corrected chi connectivity index (χ1v) is 5.60. The molecule has 0 aromatic heterocycles. The summed E-state index contributed by atoms with van der Waals surface area (Å²) in [6, 6.07) is 6.07. The zero-order valence-corrected chi connectivity index (χ0v) is 10.3. The quantitative estimate of drug-likeness (QED) is 0.719. The van der Waals surface area contributed by atoms with E-state index < -0.39 is 6.10 Å². The molecule has 0 fully saturated rings. The maximum Gasteiger partial charge on any atom is 0.0919 e. The molecule has 90 valence electrons. The summed E-state index contributed by atoms with van der Waals surface area (Å²) in [5.74, 6) is 0. The van der Waals surface area contributed by atoms with Crippen LogP contribution in [0.5, 0.6) is 0 Å². The number of hydrogen-bond acceptors (Lipinski definition) is 3. The first kappa shape index (κ1) is 13.2. The van der Waals surface area contributed by atoms with E-state index in [1.807, 2.05) is 32.0 Å². The summed E-state index contributed by atoms with van der Waals surface area (Å²) in [7, 11) is 1.67. The third kappa shape index (κ3) is 3.59. The predicted octanol–water partition coefficient (Wildman–Crippen LogP) is 1.57. The molecule has 0 amide bonds. The van der Waals surface area contributed by atoms with Crippen molar-refractivity contribution >= 4 is 0 Å². The van der Waals surface area contributed by atoms with E-state index in [0.29, 0.717) is 13.2 Å². The van der Waals surface area contributed by atoms with Crippen LogP contribution in [0.4, 0.5) is 0 Å². The van der Waals surface area contributed by atoms with Crippen LogP contribution in [-0.2, 0) is 4.74 Å². The van der Waals surface area contributed by atoms with Gasteiger partial charge in [0.25, 0.3) is 0 Å². The van der Waals surface area contributed by atoms with Gasteiger partial charge in [0.05, 0.1) is 12.7 Å². The van der Waals surface area contributed by atoms with Gasteiger partial charge in [-0.05, 0) is 30.5 Å². The molecule has 0 aliphatic carbocycles. The Morgan fingerprint density at radius 3 is 2.50 bits per heavy atom. The van der Waals surface area contributed by atoms with Crippen LogP contribution in [0.15, 0.2) is 18.2 Å². The van der Waals surface area contributed by atoms with Gasteiger partial charge in [-0.1, -0.05) is 18.2 Å². The number of nitrogens with one attached hydrogen (secondary N) is 1. The number of methoxy groups -OCH3 is 1. The highest BCUT2D eigenvalue weighted by atomic mass is 16.5. The van der Waals surface area contributed by atoms with E-state index in [0.717, 1.165) is 23.2 Å². The Hall–Kier alpha value is -0.900. The average Bonchev–Trinajstić information content (AvgIpc) is 2.24. The Morgan fingerprint density at radius 2 is 1.94 bits per heavy atom. The molecule has 0 heterocycles. The molecule has 3 heteroatoms. The number of ether oxygens (including phenoxy) is 1. The molecule has 3 nitrogen and oxygen atoms in total. The molecule has 0 radical (unpaired) electrons. The molecule has 1 unspecified atom stereocenters. The van der Waals surface area contributed by atoms with E-state index in [-0.39, 0.29) is 0 Å². The van der Waals surface area contributed by atoms with E-state index in [1.54, 1.807) is 7.11 Å². The standard InChI is InChI=1S/C13H21NO2/c1-10-5-4-6-11(2)13(10)12(15)9-14-7-8-16-3/h4-6,12,14-15H,7-9H2,1-3H3. The van der Waals surface area contributed by atoms with Crippen LogP contribution in [0.2, 0.25) is 0 Å². The van der Waals surface area contributed by atoms with Crippen molar-refractivity contribution in [1.82, 2.24) is 5.32 Å². The Labute approximate surface area is 97.4 Å². The van der Waals surface area contributed by atoms with E-state index in [1.165, 1.54) is 0 Å². The average molecular weight is 223 g/mol. The van der Waals surface area contributed by atoms with Crippen molar-refractivity contribution in [1.29, 1.82) is 0 Å². The first-order chi connectivity index (χ1) is 7.66. The van der Waals surface area contributed by atoms with Crippen molar-refractivity contribution in [2.24, 2.45) is 0 Å². The molecule has 0 bridgehead atoms. The molecule has 1 aromatic carbocycles. The van der Waals surface area contributed by atoms with E-state index in [2.05, 4.69) is 5.32 Å². The third-order valence-electron chi connectivity index (χ3n) is 2.70. The lowest BCUT2D eigenvalue weighted by molar-refractivity contribution is 0.160. The second-order valence-corrected chi connectivity index (χ2v) is 4.02. The minimum Gasteiger partial charge on any atom is -0.387 e. The minimum absolute atomic E-state index is 0.446. The van der Waals surface area contributed by atoms with Gasteiger partial charge < -0.3 is 15.2 Å². The third-order valence-corrected chi connectivity index (χ3v) is 2.70. The Balaban J connectivity index is 2.55. The first-order valence-electron chi connectivity index (χ1n) is 5.60. The van der Waals surface area contributed by atoms with Crippen molar-refractivity contribution in [2.75, 3.05) is 26.8 Å². The fraction of sp³-hybridized carbons (Fsp3) is 0.538. The summed E-state index contributed by atoms with van der Waals surface area (Å²) >= 11 is 0. The number of benzene rings is 1. The van der Waals surface area contributed by atoms with Crippen LogP contribution in [0.1, 0.15) is 22.8 Å². The molecule has 0 aliphatic heterocycles. The minimum atomic E-state index is -0.446. The molecule has 1 rings (SSSR count). The van der Waals surface area contributed by atoms with Crippen molar-refractivity contribution in [3.8, 4) is 0 Å². The van der Waals surface area contributed by atoms with Crippen LogP contribution in [-0.4, -0.2) is 31.9 Å². The molecule has 1 atom stereocenters. The van der Waals surface area contributed by atoms with Gasteiger partial charge in [0.2, 0.25) is 0 Å². The second kappa shape index (κ2) is 6.63. The smallest absolute Gasteiger partial charge is 0.0919 e. The largest absolute Gasteiger partial charge is 0.387 e. The normalized spacial score (nSPS) is 12.8. The maximum atomic E-state index is 10.1. The topological polar surface area (TPSA) is 41.5 Å². The van der Waals surface area contributed by atoms with Crippen molar-refractivity contribution in [3.63, 3.8) is 0 Å². The van der Waals surface area contributed by atoms with Gasteiger partial charge in [0.1, 0.15) is 0 Å². The fourth-order valence-corrected chi connectivity index (χ4v) is 1.87. The number of aliphatic hydroxyl groups excluding tert-OH is 1. The molecular weight excluding hydrogens is 202 g/mol. The number of aryl methyl sites for hydroxylation is 2. The highest BCUT2D eigenvalue weighted by Gasteiger charge is 2.11. The lowest BCUT2D eigenvalue weighted by Gasteiger charge is -2.17. The second-order valence-electron chi connectivity index (χ2n) is 4.02. The monoisotopic (exact) mass is 223 g/mol. The zero-order chi connectivity index (χ0) is 12.0. The highest BCUT2D eigenvalue weighted by Crippen LogP contribution is 2.20. The molecule has 0 spiro atoms. The molecule has 1 aromatic rings. The molecule has 0 aliphatic rings. The van der Waals surface area contributed by atoms with Gasteiger partial charge in [-0.2, -0.15) is 0 Å². The van der Waals surface area contributed by atoms with Gasteiger partial charge in [0, 0.05) is 20.2 Å². The molecule has 0 saturated heterocycles. The fourth-order valence-electron chi connectivity index (χ4n) is 1.87. The van der Waals surface area contributed by atoms with E-state index >= 15 is 0 Å². The SMILES string of the molecule is COCCNCC(O)c1c(C)cccc1C. The van der Waals surface area contributed by atoms with E-state index in [9.17, 15) is 5.11 Å². The predicted molar refractivity (Wildman–Crippen MR) is 65.6 cm³/mol. The van der Waals surface area contributed by atoms with Gasteiger partial charge in [-0.15, -0.1) is 0 Å². The molecule has 16 heavy (non-hydrogen) atoms. The summed E-state index contributed by atoms with van der Waals surface area (Å²) in [6.07, 6.45) is -0.446. The maximum absolute atomic E-state index is 10.1. The zero-order valence-electron chi connectivity index (χ0n) is 10.3. The number of rotatable bonds is 6. The van der Waals surface area contributed by atoms with Gasteiger partial charge in [0.15, 0.2) is 0 Å². The van der Waals surface area contributed by atoms with E-state index in [4.69, 9.17) is 4.74 Å². The van der Waals surface area contributed by atoms with Crippen LogP contribution in [0.3, 0.4) is 0 Å². The summed E-state index contributed by atoms with van der Waals surface area (Å²) < 4.78 is 4.93. The van der Waals surface area contributed by atoms with Crippen molar-refractivity contribution in [2.45, 2.75) is 20.0 Å². The Kier molecular flexibility index (Phi) is 5.46. The van der Waals surface area contributed by atoms with Crippen LogP contribution >= 0.6 is 0 Å². The lowest BCUT2D eigenvalue weighted by Crippen LogP contribution is -2.25. The van der Waals surface area contributed by atoms with Crippen molar-refractivity contribution in [3.05, 3.63) is 34.9 Å². The number of aliphatic hydroxyl groups is 1. The Morgan fingerprint density at radius 1 is 1.31 bits per heavy atom. The van der Waals surface area contributed by atoms with Crippen LogP contribution < -0.4 is 5.32 Å². The Bertz CT molecular complexity index is 305. The van der Waals surface area contributed by atoms with Crippen LogP contribution in [0, 0.1) is 13.8 Å². The molecule has 2 N–H and O–H groups in total. The van der Waals surface area contributed by atoms with Crippen molar-refractivity contribution < 1.29 is 9.84 Å². The highest BCUT2D eigenvalue weighted by molar-refractivity contribution is 5.35. The summed E-state index contributed by atoms with van der Waals surface area (Å²) in [4.78, 5) is 0. The van der Waals surface area contributed by atoms with Gasteiger partial charge >= 0.3 is 0 Å². The summed E-state index contributed by atoms with van der Waals surface area (Å²) in [6.45, 7) is 6.05.